The summed E-state index contributed by atoms with van der Waals surface area (Å²) in [6.45, 7) is 0. The molecule has 0 saturated carbocycles. The predicted molar refractivity (Wildman–Crippen MR) is 188 cm³/mol. The summed E-state index contributed by atoms with van der Waals surface area (Å²) in [7, 11) is 0. The molecule has 47 heavy (non-hydrogen) atoms. The summed E-state index contributed by atoms with van der Waals surface area (Å²) in [5.74, 6) is 1.91. The van der Waals surface area contributed by atoms with Crippen LogP contribution in [0, 0.1) is 0 Å². The highest BCUT2D eigenvalue weighted by Crippen LogP contribution is 2.42. The van der Waals surface area contributed by atoms with Crippen LogP contribution in [0.25, 0.3) is 78.4 Å². The highest BCUT2D eigenvalue weighted by Gasteiger charge is 2.24. The molecule has 0 amide bonds. The molecule has 0 radical (unpaired) electrons. The molecule has 0 saturated heterocycles. The van der Waals surface area contributed by atoms with Gasteiger partial charge in [0.2, 0.25) is 0 Å². The van der Waals surface area contributed by atoms with Crippen molar-refractivity contribution in [1.29, 1.82) is 0 Å². The molecule has 5 heteroatoms. The second-order valence-electron chi connectivity index (χ2n) is 11.8. The molecule has 1 aliphatic carbocycles. The van der Waals surface area contributed by atoms with Crippen LogP contribution >= 0.6 is 0 Å². The molecule has 8 aromatic rings. The first-order chi connectivity index (χ1) is 23.3. The topological polar surface area (TPSA) is 64.5 Å². The lowest BCUT2D eigenvalue weighted by atomic mass is 9.92. The lowest BCUT2D eigenvalue weighted by Gasteiger charge is -2.14. The third kappa shape index (κ3) is 4.86. The minimum Gasteiger partial charge on any atom is -0.244 e. The largest absolute Gasteiger partial charge is 0.244 e. The van der Waals surface area contributed by atoms with Gasteiger partial charge in [0.1, 0.15) is 6.33 Å². The summed E-state index contributed by atoms with van der Waals surface area (Å²) in [5.41, 5.74) is 12.0. The molecule has 0 aliphatic heterocycles. The Kier molecular flexibility index (Phi) is 6.46. The Morgan fingerprint density at radius 3 is 1.96 bits per heavy atom. The van der Waals surface area contributed by atoms with Gasteiger partial charge in [-0.2, -0.15) is 0 Å². The minimum absolute atomic E-state index is 0.635. The first-order valence-corrected chi connectivity index (χ1v) is 15.7. The van der Waals surface area contributed by atoms with Crippen molar-refractivity contribution in [2.75, 3.05) is 0 Å². The van der Waals surface area contributed by atoms with Crippen LogP contribution in [0.5, 0.6) is 0 Å². The number of nitrogens with zero attached hydrogens (tertiary/aromatic N) is 5. The molecule has 1 aliphatic rings. The van der Waals surface area contributed by atoms with Crippen LogP contribution in [0.1, 0.15) is 11.1 Å². The van der Waals surface area contributed by atoms with Gasteiger partial charge in [-0.15, -0.1) is 0 Å². The smallest absolute Gasteiger partial charge is 0.164 e. The second-order valence-corrected chi connectivity index (χ2v) is 11.8. The Labute approximate surface area is 272 Å². The monoisotopic (exact) mass is 601 g/mol. The van der Waals surface area contributed by atoms with Gasteiger partial charge in [0, 0.05) is 40.4 Å². The summed E-state index contributed by atoms with van der Waals surface area (Å²) in [5, 5.41) is 2.22. The Morgan fingerprint density at radius 2 is 1.11 bits per heavy atom. The van der Waals surface area contributed by atoms with Crippen molar-refractivity contribution in [3.05, 3.63) is 163 Å². The number of hydrogen-bond acceptors (Lipinski definition) is 5. The van der Waals surface area contributed by atoms with Crippen molar-refractivity contribution in [1.82, 2.24) is 24.9 Å². The fourth-order valence-corrected chi connectivity index (χ4v) is 6.65. The summed E-state index contributed by atoms with van der Waals surface area (Å²) >= 11 is 0. The molecule has 9 rings (SSSR count). The van der Waals surface area contributed by atoms with E-state index in [2.05, 4.69) is 113 Å². The maximum Gasteiger partial charge on any atom is 0.164 e. The summed E-state index contributed by atoms with van der Waals surface area (Å²) < 4.78 is 0. The van der Waals surface area contributed by atoms with E-state index >= 15 is 0 Å². The number of hydrogen-bond donors (Lipinski definition) is 0. The zero-order chi connectivity index (χ0) is 31.2. The molecule has 6 aromatic carbocycles. The van der Waals surface area contributed by atoms with Crippen LogP contribution in [0.15, 0.2) is 152 Å². The predicted octanol–water partition coefficient (Wildman–Crippen LogP) is 9.72. The van der Waals surface area contributed by atoms with E-state index in [4.69, 9.17) is 15.0 Å². The average Bonchev–Trinajstić information content (AvgIpc) is 3.54. The van der Waals surface area contributed by atoms with Crippen LogP contribution in [0.4, 0.5) is 0 Å². The van der Waals surface area contributed by atoms with Gasteiger partial charge in [-0.05, 0) is 56.8 Å². The minimum atomic E-state index is 0.635. The van der Waals surface area contributed by atoms with Gasteiger partial charge >= 0.3 is 0 Å². The summed E-state index contributed by atoms with van der Waals surface area (Å²) in [4.78, 5) is 24.2. The van der Waals surface area contributed by atoms with Gasteiger partial charge in [-0.25, -0.2) is 24.9 Å². The standard InChI is InChI=1S/C42H27N5/c1-3-11-27(12-4-1)29-16-9-17-31(21-29)41-45-40(28-13-5-2-6-14-28)46-42(47-41)38-23-32(22-30-15-7-8-18-34(30)38)35-19-10-20-36-37(35)24-33-25-43-26-44-39(33)36/h1-23,25-26H,24H2. The lowest BCUT2D eigenvalue weighted by molar-refractivity contribution is 1.08. The maximum absolute atomic E-state index is 5.18. The van der Waals surface area contributed by atoms with Gasteiger partial charge in [0.15, 0.2) is 17.5 Å². The van der Waals surface area contributed by atoms with Crippen LogP contribution in [-0.2, 0) is 6.42 Å². The molecule has 0 bridgehead atoms. The third-order valence-electron chi connectivity index (χ3n) is 8.90. The number of rotatable bonds is 5. The first-order valence-electron chi connectivity index (χ1n) is 15.7. The fourth-order valence-electron chi connectivity index (χ4n) is 6.65. The lowest BCUT2D eigenvalue weighted by Crippen LogP contribution is -2.01. The summed E-state index contributed by atoms with van der Waals surface area (Å²) in [6.07, 6.45) is 4.37. The van der Waals surface area contributed by atoms with Gasteiger partial charge in [0.25, 0.3) is 0 Å². The van der Waals surface area contributed by atoms with Gasteiger partial charge in [-0.3, -0.25) is 0 Å². The van der Waals surface area contributed by atoms with Gasteiger partial charge < -0.3 is 0 Å². The van der Waals surface area contributed by atoms with Crippen molar-refractivity contribution in [3.8, 4) is 67.7 Å². The SMILES string of the molecule is c1ccc(-c2cccc(-c3nc(-c4ccccc4)nc(-c4cc(-c5cccc6c5Cc5cncnc5-6)cc5ccccc45)n3)c2)cc1. The Bertz CT molecular complexity index is 2440. The van der Waals surface area contributed by atoms with E-state index in [0.29, 0.717) is 17.5 Å². The zero-order valence-corrected chi connectivity index (χ0v) is 25.4. The number of aromatic nitrogens is 5. The molecule has 2 heterocycles. The van der Waals surface area contributed by atoms with Crippen LogP contribution < -0.4 is 0 Å². The highest BCUT2D eigenvalue weighted by atomic mass is 15.0. The Morgan fingerprint density at radius 1 is 0.447 bits per heavy atom. The maximum atomic E-state index is 5.18. The molecule has 5 nitrogen and oxygen atoms in total. The van der Waals surface area contributed by atoms with Crippen molar-refractivity contribution in [2.45, 2.75) is 6.42 Å². The normalized spacial score (nSPS) is 11.7. The van der Waals surface area contributed by atoms with Gasteiger partial charge in [0.05, 0.1) is 5.69 Å². The van der Waals surface area contributed by atoms with Crippen molar-refractivity contribution in [3.63, 3.8) is 0 Å². The van der Waals surface area contributed by atoms with Crippen LogP contribution in [0.2, 0.25) is 0 Å². The first kappa shape index (κ1) is 27.0. The Hall–Kier alpha value is -6.33. The number of fused-ring (bicyclic) bond motifs is 4. The molecule has 0 spiro atoms. The van der Waals surface area contributed by atoms with Crippen LogP contribution in [0.3, 0.4) is 0 Å². The molecule has 2 aromatic heterocycles. The van der Waals surface area contributed by atoms with E-state index in [-0.39, 0.29) is 0 Å². The van der Waals surface area contributed by atoms with Crippen molar-refractivity contribution >= 4 is 10.8 Å². The summed E-state index contributed by atoms with van der Waals surface area (Å²) in [6, 6.07) is 48.4. The van der Waals surface area contributed by atoms with E-state index in [0.717, 1.165) is 61.8 Å². The van der Waals surface area contributed by atoms with E-state index < -0.39 is 0 Å². The molecule has 220 valence electrons. The second kappa shape index (κ2) is 11.2. The molecule has 0 N–H and O–H groups in total. The average molecular weight is 602 g/mol. The van der Waals surface area contributed by atoms with Gasteiger partial charge in [-0.1, -0.05) is 121 Å². The Balaban J connectivity index is 1.25. The van der Waals surface area contributed by atoms with Crippen molar-refractivity contribution < 1.29 is 0 Å². The van der Waals surface area contributed by atoms with E-state index in [9.17, 15) is 0 Å². The molecular formula is C42H27N5. The van der Waals surface area contributed by atoms with E-state index in [1.807, 2.05) is 42.6 Å². The van der Waals surface area contributed by atoms with Crippen LogP contribution in [-0.4, -0.2) is 24.9 Å². The zero-order valence-electron chi connectivity index (χ0n) is 25.4. The number of benzene rings is 6. The fraction of sp³-hybridized carbons (Fsp3) is 0.0238. The third-order valence-corrected chi connectivity index (χ3v) is 8.90. The van der Waals surface area contributed by atoms with E-state index in [1.54, 1.807) is 6.33 Å². The van der Waals surface area contributed by atoms with Crippen molar-refractivity contribution in [2.24, 2.45) is 0 Å². The molecular weight excluding hydrogens is 574 g/mol. The molecule has 0 atom stereocenters. The molecule has 0 unspecified atom stereocenters. The van der Waals surface area contributed by atoms with E-state index in [1.165, 1.54) is 16.7 Å². The quantitative estimate of drug-likeness (QED) is 0.197. The molecule has 0 fully saturated rings. The highest BCUT2D eigenvalue weighted by molar-refractivity contribution is 6.00.